The number of nitrogens with zero attached hydrogens (tertiary/aromatic N) is 1. The average Bonchev–Trinajstić information content (AvgIpc) is 2.63. The Morgan fingerprint density at radius 2 is 1.94 bits per heavy atom. The zero-order valence-electron chi connectivity index (χ0n) is 10.7. The summed E-state index contributed by atoms with van der Waals surface area (Å²) in [5, 5.41) is 3.38. The molecule has 1 rings (SSSR count). The lowest BCUT2D eigenvalue weighted by Gasteiger charge is -2.28. The van der Waals surface area contributed by atoms with Crippen molar-refractivity contribution in [3.63, 3.8) is 0 Å². The molecule has 0 aliphatic heterocycles. The van der Waals surface area contributed by atoms with Gasteiger partial charge in [-0.25, -0.2) is 0 Å². The van der Waals surface area contributed by atoms with E-state index in [1.165, 1.54) is 4.90 Å². The van der Waals surface area contributed by atoms with E-state index in [4.69, 9.17) is 0 Å². The van der Waals surface area contributed by atoms with Crippen LogP contribution in [0.25, 0.3) is 0 Å². The quantitative estimate of drug-likeness (QED) is 0.782. The van der Waals surface area contributed by atoms with E-state index >= 15 is 0 Å². The lowest BCUT2D eigenvalue weighted by Crippen LogP contribution is -2.42. The van der Waals surface area contributed by atoms with Crippen molar-refractivity contribution in [2.75, 3.05) is 26.2 Å². The van der Waals surface area contributed by atoms with Crippen LogP contribution in [0.5, 0.6) is 0 Å². The highest BCUT2D eigenvalue weighted by atomic mass is 19.4. The molecule has 5 heteroatoms. The van der Waals surface area contributed by atoms with Gasteiger partial charge in [0.05, 0.1) is 6.54 Å². The molecule has 102 valence electrons. The highest BCUT2D eigenvalue weighted by molar-refractivity contribution is 4.85. The normalized spacial score (nSPS) is 25.8. The lowest BCUT2D eigenvalue weighted by molar-refractivity contribution is -0.146. The second kappa shape index (κ2) is 6.59. The molecule has 0 aromatic carbocycles. The highest BCUT2D eigenvalue weighted by Crippen LogP contribution is 2.27. The van der Waals surface area contributed by atoms with Crippen LogP contribution < -0.4 is 5.32 Å². The Hall–Kier alpha value is -0.290. The van der Waals surface area contributed by atoms with Crippen LogP contribution in [0.4, 0.5) is 13.2 Å². The number of hydrogen-bond donors (Lipinski definition) is 1. The first-order chi connectivity index (χ1) is 7.96. The van der Waals surface area contributed by atoms with Gasteiger partial charge in [-0.05, 0) is 31.8 Å². The number of halogens is 3. The Morgan fingerprint density at radius 3 is 2.47 bits per heavy atom. The predicted octanol–water partition coefficient (Wildman–Crippen LogP) is 2.65. The third-order valence-electron chi connectivity index (χ3n) is 3.47. The van der Waals surface area contributed by atoms with Gasteiger partial charge >= 0.3 is 6.18 Å². The van der Waals surface area contributed by atoms with Gasteiger partial charge in [-0.1, -0.05) is 20.3 Å². The number of nitrogens with one attached hydrogen (secondary N) is 1. The van der Waals surface area contributed by atoms with Gasteiger partial charge in [0.1, 0.15) is 0 Å². The second-order valence-corrected chi connectivity index (χ2v) is 4.80. The van der Waals surface area contributed by atoms with Gasteiger partial charge in [0.15, 0.2) is 0 Å². The van der Waals surface area contributed by atoms with Crippen LogP contribution in [0.1, 0.15) is 33.1 Å². The van der Waals surface area contributed by atoms with E-state index in [0.29, 0.717) is 25.0 Å². The molecular weight excluding hydrogens is 229 g/mol. The van der Waals surface area contributed by atoms with Crippen molar-refractivity contribution in [2.45, 2.75) is 45.3 Å². The Morgan fingerprint density at radius 1 is 1.24 bits per heavy atom. The van der Waals surface area contributed by atoms with Crippen LogP contribution in [0, 0.1) is 5.92 Å². The largest absolute Gasteiger partial charge is 0.401 e. The van der Waals surface area contributed by atoms with Crippen LogP contribution in [-0.4, -0.2) is 43.3 Å². The number of alkyl halides is 3. The maximum Gasteiger partial charge on any atom is 0.401 e. The average molecular weight is 252 g/mol. The van der Waals surface area contributed by atoms with E-state index in [0.717, 1.165) is 25.8 Å². The molecule has 0 radical (unpaired) electrons. The molecule has 2 unspecified atom stereocenters. The molecule has 0 bridgehead atoms. The first-order valence-corrected chi connectivity index (χ1v) is 6.48. The maximum absolute atomic E-state index is 12.4. The molecule has 1 saturated carbocycles. The van der Waals surface area contributed by atoms with E-state index in [9.17, 15) is 13.2 Å². The third-order valence-corrected chi connectivity index (χ3v) is 3.47. The van der Waals surface area contributed by atoms with Gasteiger partial charge in [-0.15, -0.1) is 0 Å². The topological polar surface area (TPSA) is 15.3 Å². The molecule has 1 aliphatic carbocycles. The second-order valence-electron chi connectivity index (χ2n) is 4.80. The fraction of sp³-hybridized carbons (Fsp3) is 1.00. The Kier molecular flexibility index (Phi) is 5.73. The Balaban J connectivity index is 2.44. The zero-order chi connectivity index (χ0) is 12.9. The summed E-state index contributed by atoms with van der Waals surface area (Å²) in [6.45, 7) is 4.99. The molecule has 1 fully saturated rings. The molecule has 0 saturated heterocycles. The minimum atomic E-state index is -4.08. The fourth-order valence-electron chi connectivity index (χ4n) is 2.68. The van der Waals surface area contributed by atoms with Crippen LogP contribution in [0.2, 0.25) is 0 Å². The first kappa shape index (κ1) is 14.8. The molecule has 2 nitrogen and oxygen atoms in total. The van der Waals surface area contributed by atoms with Crippen molar-refractivity contribution in [2.24, 2.45) is 5.92 Å². The van der Waals surface area contributed by atoms with Gasteiger partial charge in [-0.2, -0.15) is 13.2 Å². The van der Waals surface area contributed by atoms with E-state index in [1.807, 2.05) is 6.92 Å². The summed E-state index contributed by atoms with van der Waals surface area (Å²) in [6.07, 6.45) is -0.803. The van der Waals surface area contributed by atoms with Gasteiger partial charge < -0.3 is 5.32 Å². The van der Waals surface area contributed by atoms with Crippen LogP contribution >= 0.6 is 0 Å². The monoisotopic (exact) mass is 252 g/mol. The standard InChI is InChI=1S/C12H23F3N2/c1-3-16-11-7-5-6-10(11)8-17(4-2)9-12(13,14)15/h10-11,16H,3-9H2,1-2H3. The van der Waals surface area contributed by atoms with Crippen molar-refractivity contribution in [1.29, 1.82) is 0 Å². The molecule has 0 amide bonds. The van der Waals surface area contributed by atoms with Crippen molar-refractivity contribution >= 4 is 0 Å². The van der Waals surface area contributed by atoms with Crippen LogP contribution in [0.3, 0.4) is 0 Å². The third kappa shape index (κ3) is 5.25. The molecule has 1 N–H and O–H groups in total. The Bertz CT molecular complexity index is 218. The molecule has 2 atom stereocenters. The van der Waals surface area contributed by atoms with Crippen LogP contribution in [0.15, 0.2) is 0 Å². The summed E-state index contributed by atoms with van der Waals surface area (Å²) in [5.74, 6) is 0.372. The highest BCUT2D eigenvalue weighted by Gasteiger charge is 2.33. The Labute approximate surface area is 102 Å². The van der Waals surface area contributed by atoms with Crippen molar-refractivity contribution < 1.29 is 13.2 Å². The number of rotatable bonds is 6. The van der Waals surface area contributed by atoms with Crippen LogP contribution in [-0.2, 0) is 0 Å². The van der Waals surface area contributed by atoms with E-state index in [1.54, 1.807) is 6.92 Å². The van der Waals surface area contributed by atoms with E-state index in [2.05, 4.69) is 5.32 Å². The number of hydrogen-bond acceptors (Lipinski definition) is 2. The van der Waals surface area contributed by atoms with Crippen molar-refractivity contribution in [3.8, 4) is 0 Å². The molecule has 17 heavy (non-hydrogen) atoms. The molecule has 0 spiro atoms. The first-order valence-electron chi connectivity index (χ1n) is 6.48. The SMILES string of the molecule is CCNC1CCCC1CN(CC)CC(F)(F)F. The van der Waals surface area contributed by atoms with E-state index in [-0.39, 0.29) is 0 Å². The molecule has 0 heterocycles. The van der Waals surface area contributed by atoms with E-state index < -0.39 is 12.7 Å². The van der Waals surface area contributed by atoms with Crippen molar-refractivity contribution in [1.82, 2.24) is 10.2 Å². The summed E-state index contributed by atoms with van der Waals surface area (Å²) < 4.78 is 37.1. The minimum absolute atomic E-state index is 0.372. The molecular formula is C12H23F3N2. The fourth-order valence-corrected chi connectivity index (χ4v) is 2.68. The van der Waals surface area contributed by atoms with Gasteiger partial charge in [0.25, 0.3) is 0 Å². The summed E-state index contributed by atoms with van der Waals surface area (Å²) >= 11 is 0. The molecule has 0 aromatic rings. The summed E-state index contributed by atoms with van der Waals surface area (Å²) in [4.78, 5) is 1.51. The van der Waals surface area contributed by atoms with Crippen molar-refractivity contribution in [3.05, 3.63) is 0 Å². The molecule has 1 aliphatic rings. The summed E-state index contributed by atoms with van der Waals surface area (Å²) in [7, 11) is 0. The zero-order valence-corrected chi connectivity index (χ0v) is 10.7. The summed E-state index contributed by atoms with van der Waals surface area (Å²) in [6, 6.07) is 0.405. The summed E-state index contributed by atoms with van der Waals surface area (Å²) in [5.41, 5.74) is 0. The van der Waals surface area contributed by atoms with Gasteiger partial charge in [0.2, 0.25) is 0 Å². The predicted molar refractivity (Wildman–Crippen MR) is 63.0 cm³/mol. The van der Waals surface area contributed by atoms with Gasteiger partial charge in [-0.3, -0.25) is 4.90 Å². The smallest absolute Gasteiger partial charge is 0.314 e. The molecule has 0 aromatic heterocycles. The van der Waals surface area contributed by atoms with Gasteiger partial charge in [0, 0.05) is 12.6 Å². The minimum Gasteiger partial charge on any atom is -0.314 e. The lowest BCUT2D eigenvalue weighted by atomic mass is 10.0. The maximum atomic E-state index is 12.4.